The van der Waals surface area contributed by atoms with E-state index in [9.17, 15) is 19.8 Å². The standard InChI is InChI=1S/C63H121NO5/c1-3-5-7-9-11-13-15-16-17-18-19-23-26-29-32-36-39-43-47-51-55-61(66)60(59-65)64-62(67)56-52-48-44-40-37-33-30-27-24-21-20-22-25-28-31-34-38-42-46-50-54-58-69-63(68)57-53-49-45-41-35-14-12-10-8-6-4-2/h10,12,51,55,60-61,65-66H,3-9,11,13-50,52-54,56-59H2,1-2H3,(H,64,67)/b12-10-,55-51+. The maximum absolute atomic E-state index is 12.5. The van der Waals surface area contributed by atoms with E-state index in [0.29, 0.717) is 19.4 Å². The first-order valence-corrected chi connectivity index (χ1v) is 31.1. The van der Waals surface area contributed by atoms with Gasteiger partial charge in [-0.05, 0) is 51.4 Å². The first-order valence-electron chi connectivity index (χ1n) is 31.1. The Bertz CT molecular complexity index is 1080. The number of aliphatic hydroxyl groups is 2. The fourth-order valence-corrected chi connectivity index (χ4v) is 9.68. The van der Waals surface area contributed by atoms with Crippen molar-refractivity contribution in [2.24, 2.45) is 0 Å². The van der Waals surface area contributed by atoms with Crippen LogP contribution in [0.25, 0.3) is 0 Å². The summed E-state index contributed by atoms with van der Waals surface area (Å²) in [6, 6.07) is -0.629. The fourth-order valence-electron chi connectivity index (χ4n) is 9.68. The summed E-state index contributed by atoms with van der Waals surface area (Å²) in [6.07, 6.45) is 72.2. The predicted octanol–water partition coefficient (Wildman–Crippen LogP) is 19.4. The van der Waals surface area contributed by atoms with Crippen LogP contribution in [0.5, 0.6) is 0 Å². The molecule has 0 aromatic rings. The second kappa shape index (κ2) is 58.9. The van der Waals surface area contributed by atoms with E-state index in [1.54, 1.807) is 6.08 Å². The van der Waals surface area contributed by atoms with E-state index in [1.165, 1.54) is 270 Å². The smallest absolute Gasteiger partial charge is 0.305 e. The van der Waals surface area contributed by atoms with Crippen LogP contribution in [0.2, 0.25) is 0 Å². The van der Waals surface area contributed by atoms with E-state index in [4.69, 9.17) is 4.74 Å². The van der Waals surface area contributed by atoms with Crippen LogP contribution in [0.4, 0.5) is 0 Å². The van der Waals surface area contributed by atoms with Crippen LogP contribution < -0.4 is 5.32 Å². The quantitative estimate of drug-likeness (QED) is 0.0321. The molecule has 6 nitrogen and oxygen atoms in total. The SMILES string of the molecule is CCCC/C=C\CCCCCCCC(=O)OCCCCCCCCCCCCCCCCCCCCCCCC(=O)NC(CO)C(O)/C=C/CCCCCCCCCCCCCCCCCCCC. The molecule has 0 rings (SSSR count). The number of nitrogens with one attached hydrogen (secondary N) is 1. The molecule has 0 radical (unpaired) electrons. The summed E-state index contributed by atoms with van der Waals surface area (Å²) in [5.41, 5.74) is 0. The zero-order valence-electron chi connectivity index (χ0n) is 46.6. The van der Waals surface area contributed by atoms with Crippen LogP contribution in [0.15, 0.2) is 24.3 Å². The number of esters is 1. The van der Waals surface area contributed by atoms with Crippen molar-refractivity contribution in [1.29, 1.82) is 0 Å². The second-order valence-corrected chi connectivity index (χ2v) is 21.4. The van der Waals surface area contributed by atoms with Crippen LogP contribution in [-0.2, 0) is 14.3 Å². The summed E-state index contributed by atoms with van der Waals surface area (Å²) >= 11 is 0. The lowest BCUT2D eigenvalue weighted by molar-refractivity contribution is -0.143. The Kier molecular flexibility index (Phi) is 57.5. The van der Waals surface area contributed by atoms with E-state index >= 15 is 0 Å². The van der Waals surface area contributed by atoms with E-state index in [0.717, 1.165) is 44.9 Å². The number of allylic oxidation sites excluding steroid dienone is 3. The molecule has 0 saturated carbocycles. The van der Waals surface area contributed by atoms with Gasteiger partial charge in [0.1, 0.15) is 0 Å². The minimum atomic E-state index is -0.846. The van der Waals surface area contributed by atoms with Crippen molar-refractivity contribution >= 4 is 11.9 Å². The highest BCUT2D eigenvalue weighted by atomic mass is 16.5. The molecule has 408 valence electrons. The van der Waals surface area contributed by atoms with Crippen molar-refractivity contribution < 1.29 is 24.5 Å². The predicted molar refractivity (Wildman–Crippen MR) is 301 cm³/mol. The Balaban J connectivity index is 3.43. The monoisotopic (exact) mass is 972 g/mol. The molecule has 0 aliphatic carbocycles. The summed E-state index contributed by atoms with van der Waals surface area (Å²) in [5, 5.41) is 23.2. The zero-order valence-corrected chi connectivity index (χ0v) is 46.6. The Hall–Kier alpha value is -1.66. The second-order valence-electron chi connectivity index (χ2n) is 21.4. The lowest BCUT2D eigenvalue weighted by atomic mass is 10.0. The van der Waals surface area contributed by atoms with E-state index in [1.807, 2.05) is 6.08 Å². The van der Waals surface area contributed by atoms with Crippen molar-refractivity contribution in [3.05, 3.63) is 24.3 Å². The fraction of sp³-hybridized carbons (Fsp3) is 0.905. The minimum absolute atomic E-state index is 0.000639. The molecule has 0 spiro atoms. The molecular formula is C63H121NO5. The molecule has 0 heterocycles. The Labute approximate surface area is 431 Å². The molecule has 3 N–H and O–H groups in total. The summed E-state index contributed by atoms with van der Waals surface area (Å²) in [6.45, 7) is 4.89. The van der Waals surface area contributed by atoms with Crippen LogP contribution in [-0.4, -0.2) is 47.4 Å². The number of aliphatic hydroxyl groups excluding tert-OH is 2. The number of amides is 1. The van der Waals surface area contributed by atoms with Gasteiger partial charge in [0.05, 0.1) is 25.4 Å². The third-order valence-electron chi connectivity index (χ3n) is 14.5. The molecule has 0 aromatic carbocycles. The van der Waals surface area contributed by atoms with Gasteiger partial charge in [-0.25, -0.2) is 0 Å². The van der Waals surface area contributed by atoms with Crippen molar-refractivity contribution in [3.63, 3.8) is 0 Å². The van der Waals surface area contributed by atoms with Crippen LogP contribution in [0.3, 0.4) is 0 Å². The molecule has 0 bridgehead atoms. The largest absolute Gasteiger partial charge is 0.466 e. The van der Waals surface area contributed by atoms with E-state index in [-0.39, 0.29) is 18.5 Å². The molecule has 6 heteroatoms. The number of ether oxygens (including phenoxy) is 1. The number of carbonyl (C=O) groups is 2. The topological polar surface area (TPSA) is 95.9 Å². The zero-order chi connectivity index (χ0) is 50.0. The minimum Gasteiger partial charge on any atom is -0.466 e. The van der Waals surface area contributed by atoms with Crippen molar-refractivity contribution in [3.8, 4) is 0 Å². The van der Waals surface area contributed by atoms with Crippen LogP contribution >= 0.6 is 0 Å². The molecular weight excluding hydrogens is 851 g/mol. The molecule has 0 fully saturated rings. The van der Waals surface area contributed by atoms with Gasteiger partial charge in [0.15, 0.2) is 0 Å². The molecule has 0 aliphatic rings. The van der Waals surface area contributed by atoms with Crippen LogP contribution in [0, 0.1) is 0 Å². The molecule has 0 aliphatic heterocycles. The van der Waals surface area contributed by atoms with Gasteiger partial charge < -0.3 is 20.3 Å². The Morgan fingerprint density at radius 2 is 0.696 bits per heavy atom. The molecule has 2 unspecified atom stereocenters. The van der Waals surface area contributed by atoms with E-state index in [2.05, 4.69) is 31.3 Å². The van der Waals surface area contributed by atoms with Gasteiger partial charge in [0.25, 0.3) is 0 Å². The van der Waals surface area contributed by atoms with Crippen molar-refractivity contribution in [1.82, 2.24) is 5.32 Å². The van der Waals surface area contributed by atoms with Crippen LogP contribution in [0.1, 0.15) is 341 Å². The van der Waals surface area contributed by atoms with Gasteiger partial charge >= 0.3 is 5.97 Å². The third kappa shape index (κ3) is 55.5. The number of hydrogen-bond acceptors (Lipinski definition) is 5. The maximum Gasteiger partial charge on any atom is 0.305 e. The maximum atomic E-state index is 12.5. The molecule has 0 aromatic heterocycles. The number of hydrogen-bond donors (Lipinski definition) is 3. The van der Waals surface area contributed by atoms with Crippen molar-refractivity contribution in [2.45, 2.75) is 353 Å². The third-order valence-corrected chi connectivity index (χ3v) is 14.5. The lowest BCUT2D eigenvalue weighted by Gasteiger charge is -2.20. The summed E-state index contributed by atoms with van der Waals surface area (Å²) in [4.78, 5) is 24.5. The van der Waals surface area contributed by atoms with Gasteiger partial charge in [-0.2, -0.15) is 0 Å². The summed E-state index contributed by atoms with van der Waals surface area (Å²) in [7, 11) is 0. The molecule has 2 atom stereocenters. The number of carbonyl (C=O) groups excluding carboxylic acids is 2. The average molecular weight is 973 g/mol. The first-order chi connectivity index (χ1) is 34.0. The highest BCUT2D eigenvalue weighted by Gasteiger charge is 2.18. The number of rotatable bonds is 58. The highest BCUT2D eigenvalue weighted by molar-refractivity contribution is 5.76. The molecule has 0 saturated heterocycles. The molecule has 69 heavy (non-hydrogen) atoms. The lowest BCUT2D eigenvalue weighted by Crippen LogP contribution is -2.45. The summed E-state index contributed by atoms with van der Waals surface area (Å²) < 4.78 is 5.46. The summed E-state index contributed by atoms with van der Waals surface area (Å²) in [5.74, 6) is -0.0654. The average Bonchev–Trinajstić information content (AvgIpc) is 3.35. The number of unbranched alkanes of at least 4 members (excludes halogenated alkanes) is 45. The van der Waals surface area contributed by atoms with E-state index < -0.39 is 12.1 Å². The van der Waals surface area contributed by atoms with Gasteiger partial charge in [-0.3, -0.25) is 9.59 Å². The van der Waals surface area contributed by atoms with Gasteiger partial charge in [0, 0.05) is 12.8 Å². The van der Waals surface area contributed by atoms with Gasteiger partial charge in [0.2, 0.25) is 5.91 Å². The molecule has 1 amide bonds. The van der Waals surface area contributed by atoms with Gasteiger partial charge in [-0.1, -0.05) is 301 Å². The first kappa shape index (κ1) is 67.3. The Morgan fingerprint density at radius 1 is 0.391 bits per heavy atom. The van der Waals surface area contributed by atoms with Gasteiger partial charge in [-0.15, -0.1) is 0 Å². The van der Waals surface area contributed by atoms with Crippen molar-refractivity contribution in [2.75, 3.05) is 13.2 Å². The highest BCUT2D eigenvalue weighted by Crippen LogP contribution is 2.18. The Morgan fingerprint density at radius 3 is 1.07 bits per heavy atom. The normalized spacial score (nSPS) is 12.7.